The van der Waals surface area contributed by atoms with Crippen LogP contribution in [0.5, 0.6) is 0 Å². The first kappa shape index (κ1) is 11.9. The van der Waals surface area contributed by atoms with Crippen LogP contribution in [0.1, 0.15) is 17.3 Å². The number of carbonyl (C=O) groups is 1. The third-order valence-electron chi connectivity index (χ3n) is 2.18. The molecule has 0 aliphatic rings. The van der Waals surface area contributed by atoms with Crippen molar-refractivity contribution in [3.05, 3.63) is 40.6 Å². The number of aromatic nitrogens is 1. The molecule has 88 valence electrons. The Morgan fingerprint density at radius 2 is 2.12 bits per heavy atom. The fraction of sp³-hybridized carbons (Fsp3) is 0.167. The van der Waals surface area contributed by atoms with Crippen molar-refractivity contribution in [2.45, 2.75) is 6.92 Å². The van der Waals surface area contributed by atoms with Gasteiger partial charge in [0.1, 0.15) is 17.5 Å². The molecule has 0 aliphatic carbocycles. The largest absolute Gasteiger partial charge is 0.462 e. The fourth-order valence-electron chi connectivity index (χ4n) is 1.41. The van der Waals surface area contributed by atoms with Crippen LogP contribution < -0.4 is 0 Å². The summed E-state index contributed by atoms with van der Waals surface area (Å²) in [5.74, 6) is -0.424. The average molecular weight is 296 g/mol. The van der Waals surface area contributed by atoms with E-state index < -0.39 is 5.97 Å². The second-order valence-corrected chi connectivity index (χ2v) is 4.22. The first-order chi connectivity index (χ1) is 8.22. The van der Waals surface area contributed by atoms with Crippen LogP contribution in [0.25, 0.3) is 11.3 Å². The molecule has 17 heavy (non-hydrogen) atoms. The predicted molar refractivity (Wildman–Crippen MR) is 65.6 cm³/mol. The van der Waals surface area contributed by atoms with Crippen molar-refractivity contribution in [1.82, 2.24) is 5.16 Å². The third kappa shape index (κ3) is 2.55. The molecule has 2 rings (SSSR count). The molecule has 1 aromatic carbocycles. The Bertz CT molecular complexity index is 519. The van der Waals surface area contributed by atoms with Gasteiger partial charge in [-0.25, -0.2) is 4.79 Å². The van der Waals surface area contributed by atoms with E-state index >= 15 is 0 Å². The molecule has 0 saturated carbocycles. The Kier molecular flexibility index (Phi) is 3.58. The number of nitrogens with zero attached hydrogens (tertiary/aromatic N) is 1. The van der Waals surface area contributed by atoms with Gasteiger partial charge in [-0.2, -0.15) is 0 Å². The molecule has 0 bridgehead atoms. The van der Waals surface area contributed by atoms with Crippen LogP contribution in [-0.4, -0.2) is 17.7 Å². The standard InChI is InChI=1S/C12H10BrNO3/c1-2-16-12(15)10-7-17-14-11(10)8-3-5-9(13)6-4-8/h3-7H,2H2,1H3. The van der Waals surface area contributed by atoms with Gasteiger partial charge in [0.15, 0.2) is 0 Å². The molecule has 0 radical (unpaired) electrons. The van der Waals surface area contributed by atoms with Gasteiger partial charge in [-0.1, -0.05) is 33.2 Å². The summed E-state index contributed by atoms with van der Waals surface area (Å²) in [4.78, 5) is 11.6. The van der Waals surface area contributed by atoms with Crippen molar-refractivity contribution in [2.75, 3.05) is 6.61 Å². The predicted octanol–water partition coefficient (Wildman–Crippen LogP) is 3.28. The van der Waals surface area contributed by atoms with E-state index in [-0.39, 0.29) is 0 Å². The van der Waals surface area contributed by atoms with Crippen LogP contribution in [0, 0.1) is 0 Å². The highest BCUT2D eigenvalue weighted by Crippen LogP contribution is 2.24. The molecule has 0 saturated heterocycles. The lowest BCUT2D eigenvalue weighted by Crippen LogP contribution is -2.04. The lowest BCUT2D eigenvalue weighted by Gasteiger charge is -2.01. The number of hydrogen-bond acceptors (Lipinski definition) is 4. The fourth-order valence-corrected chi connectivity index (χ4v) is 1.67. The van der Waals surface area contributed by atoms with Crippen LogP contribution in [0.2, 0.25) is 0 Å². The first-order valence-electron chi connectivity index (χ1n) is 5.09. The average Bonchev–Trinajstić information content (AvgIpc) is 2.79. The maximum atomic E-state index is 11.6. The van der Waals surface area contributed by atoms with Gasteiger partial charge in [0.25, 0.3) is 0 Å². The van der Waals surface area contributed by atoms with Crippen molar-refractivity contribution in [3.63, 3.8) is 0 Å². The van der Waals surface area contributed by atoms with Gasteiger partial charge in [-0.15, -0.1) is 0 Å². The van der Waals surface area contributed by atoms with E-state index in [1.165, 1.54) is 6.26 Å². The topological polar surface area (TPSA) is 52.3 Å². The molecule has 4 nitrogen and oxygen atoms in total. The third-order valence-corrected chi connectivity index (χ3v) is 2.71. The summed E-state index contributed by atoms with van der Waals surface area (Å²) in [5.41, 5.74) is 1.65. The highest BCUT2D eigenvalue weighted by Gasteiger charge is 2.18. The van der Waals surface area contributed by atoms with Gasteiger partial charge in [-0.05, 0) is 19.1 Å². The smallest absolute Gasteiger partial charge is 0.343 e. The summed E-state index contributed by atoms with van der Waals surface area (Å²) in [6.07, 6.45) is 1.30. The van der Waals surface area contributed by atoms with Crippen LogP contribution in [0.3, 0.4) is 0 Å². The Morgan fingerprint density at radius 1 is 1.41 bits per heavy atom. The number of carbonyl (C=O) groups excluding carboxylic acids is 1. The molecule has 0 spiro atoms. The maximum absolute atomic E-state index is 11.6. The zero-order chi connectivity index (χ0) is 12.3. The van der Waals surface area contributed by atoms with Gasteiger partial charge in [0.05, 0.1) is 6.61 Å². The summed E-state index contributed by atoms with van der Waals surface area (Å²) < 4.78 is 10.7. The van der Waals surface area contributed by atoms with Gasteiger partial charge in [0.2, 0.25) is 0 Å². The number of ether oxygens (including phenoxy) is 1. The molecule has 0 unspecified atom stereocenters. The minimum absolute atomic E-state index is 0.323. The second-order valence-electron chi connectivity index (χ2n) is 3.30. The molecule has 1 aromatic heterocycles. The van der Waals surface area contributed by atoms with E-state index in [0.717, 1.165) is 10.0 Å². The van der Waals surface area contributed by atoms with Crippen molar-refractivity contribution < 1.29 is 14.1 Å². The van der Waals surface area contributed by atoms with E-state index in [2.05, 4.69) is 21.1 Å². The highest BCUT2D eigenvalue weighted by atomic mass is 79.9. The molecule has 0 aliphatic heterocycles. The molecule has 5 heteroatoms. The molecule has 0 N–H and O–H groups in total. The van der Waals surface area contributed by atoms with Crippen molar-refractivity contribution in [2.24, 2.45) is 0 Å². The van der Waals surface area contributed by atoms with Crippen LogP contribution in [0.15, 0.2) is 39.5 Å². The number of esters is 1. The monoisotopic (exact) mass is 295 g/mol. The zero-order valence-electron chi connectivity index (χ0n) is 9.14. The highest BCUT2D eigenvalue weighted by molar-refractivity contribution is 9.10. The molecule has 0 amide bonds. The molecule has 0 atom stereocenters. The van der Waals surface area contributed by atoms with Gasteiger partial charge >= 0.3 is 5.97 Å². The SMILES string of the molecule is CCOC(=O)c1conc1-c1ccc(Br)cc1. The molecule has 2 aromatic rings. The zero-order valence-corrected chi connectivity index (χ0v) is 10.7. The molecule has 1 heterocycles. The van der Waals surface area contributed by atoms with Crippen molar-refractivity contribution >= 4 is 21.9 Å². The summed E-state index contributed by atoms with van der Waals surface area (Å²) in [6, 6.07) is 7.45. The lowest BCUT2D eigenvalue weighted by atomic mass is 10.1. The normalized spacial score (nSPS) is 10.2. The second kappa shape index (κ2) is 5.14. The van der Waals surface area contributed by atoms with E-state index in [9.17, 15) is 4.79 Å². The van der Waals surface area contributed by atoms with Gasteiger partial charge in [0, 0.05) is 10.0 Å². The molecular weight excluding hydrogens is 286 g/mol. The van der Waals surface area contributed by atoms with Crippen LogP contribution in [0.4, 0.5) is 0 Å². The summed E-state index contributed by atoms with van der Waals surface area (Å²) in [7, 11) is 0. The number of rotatable bonds is 3. The van der Waals surface area contributed by atoms with Gasteiger partial charge < -0.3 is 9.26 Å². The minimum Gasteiger partial charge on any atom is -0.462 e. The number of benzene rings is 1. The molecule has 0 fully saturated rings. The van der Waals surface area contributed by atoms with Crippen molar-refractivity contribution in [1.29, 1.82) is 0 Å². The first-order valence-corrected chi connectivity index (χ1v) is 5.89. The van der Waals surface area contributed by atoms with Crippen LogP contribution in [-0.2, 0) is 4.74 Å². The number of halogens is 1. The maximum Gasteiger partial charge on any atom is 0.343 e. The summed E-state index contributed by atoms with van der Waals surface area (Å²) in [6.45, 7) is 2.08. The Hall–Kier alpha value is -1.62. The van der Waals surface area contributed by atoms with Crippen molar-refractivity contribution in [3.8, 4) is 11.3 Å². The van der Waals surface area contributed by atoms with Crippen LogP contribution >= 0.6 is 15.9 Å². The summed E-state index contributed by atoms with van der Waals surface area (Å²) in [5, 5.41) is 3.83. The van der Waals surface area contributed by atoms with E-state index in [4.69, 9.17) is 9.26 Å². The van der Waals surface area contributed by atoms with E-state index in [1.54, 1.807) is 6.92 Å². The Balaban J connectivity index is 2.36. The minimum atomic E-state index is -0.424. The van der Waals surface area contributed by atoms with E-state index in [1.807, 2.05) is 24.3 Å². The quantitative estimate of drug-likeness (QED) is 0.816. The Morgan fingerprint density at radius 3 is 2.76 bits per heavy atom. The lowest BCUT2D eigenvalue weighted by molar-refractivity contribution is 0.0526. The Labute approximate surface area is 107 Å². The van der Waals surface area contributed by atoms with Gasteiger partial charge in [-0.3, -0.25) is 0 Å². The van der Waals surface area contributed by atoms with E-state index in [0.29, 0.717) is 17.9 Å². The number of hydrogen-bond donors (Lipinski definition) is 0. The molecular formula is C12H10BrNO3. The summed E-state index contributed by atoms with van der Waals surface area (Å²) >= 11 is 3.35.